The van der Waals surface area contributed by atoms with Crippen LogP contribution in [0.15, 0.2) is 48.1 Å². The van der Waals surface area contributed by atoms with Gasteiger partial charge in [0.15, 0.2) is 0 Å². The summed E-state index contributed by atoms with van der Waals surface area (Å²) in [5, 5.41) is 0. The molecular weight excluding hydrogens is 180 g/mol. The molecule has 0 amide bonds. The Morgan fingerprint density at radius 3 is 2.13 bits per heavy atom. The van der Waals surface area contributed by atoms with Crippen molar-refractivity contribution in [3.8, 4) is 0 Å². The number of hydrogen-bond acceptors (Lipinski definition) is 0. The quantitative estimate of drug-likeness (QED) is 0.621. The summed E-state index contributed by atoms with van der Waals surface area (Å²) in [5.41, 5.74) is 4.03. The van der Waals surface area contributed by atoms with Gasteiger partial charge in [-0.3, -0.25) is 0 Å². The minimum atomic E-state index is 0.629. The van der Waals surface area contributed by atoms with Crippen molar-refractivity contribution < 1.29 is 0 Å². The molecule has 0 aliphatic rings. The van der Waals surface area contributed by atoms with Crippen LogP contribution in [0.2, 0.25) is 0 Å². The minimum Gasteiger partial charge on any atom is -0.0708 e. The lowest BCUT2D eigenvalue weighted by molar-refractivity contribution is 0.769. The van der Waals surface area contributed by atoms with E-state index in [-0.39, 0.29) is 0 Å². The van der Waals surface area contributed by atoms with Gasteiger partial charge in [0.1, 0.15) is 0 Å². The van der Waals surface area contributed by atoms with Crippen LogP contribution >= 0.6 is 0 Å². The molecule has 0 bridgehead atoms. The zero-order chi connectivity index (χ0) is 11.3. The van der Waals surface area contributed by atoms with Gasteiger partial charge in [-0.15, -0.1) is 0 Å². The van der Waals surface area contributed by atoms with Crippen LogP contribution in [0.5, 0.6) is 0 Å². The van der Waals surface area contributed by atoms with E-state index in [1.807, 2.05) is 6.07 Å². The molecule has 1 rings (SSSR count). The molecule has 0 heterocycles. The van der Waals surface area contributed by atoms with E-state index >= 15 is 0 Å². The fourth-order valence-corrected chi connectivity index (χ4v) is 1.25. The fourth-order valence-electron chi connectivity index (χ4n) is 1.25. The third kappa shape index (κ3) is 3.75. The third-order valence-corrected chi connectivity index (χ3v) is 2.74. The van der Waals surface area contributed by atoms with E-state index in [4.69, 9.17) is 0 Å². The van der Waals surface area contributed by atoms with Crippen molar-refractivity contribution in [2.24, 2.45) is 5.92 Å². The first-order valence-electron chi connectivity index (χ1n) is 5.51. The van der Waals surface area contributed by atoms with Gasteiger partial charge in [0.2, 0.25) is 0 Å². The van der Waals surface area contributed by atoms with Crippen molar-refractivity contribution in [3.63, 3.8) is 0 Å². The second-order valence-electron chi connectivity index (χ2n) is 4.28. The van der Waals surface area contributed by atoms with Crippen LogP contribution in [0.1, 0.15) is 33.3 Å². The average molecular weight is 200 g/mol. The molecule has 0 fully saturated rings. The molecule has 1 aromatic carbocycles. The Morgan fingerprint density at radius 1 is 1.00 bits per heavy atom. The van der Waals surface area contributed by atoms with Gasteiger partial charge in [-0.05, 0) is 30.9 Å². The Kier molecular flexibility index (Phi) is 4.36. The average Bonchev–Trinajstić information content (AvgIpc) is 2.26. The van der Waals surface area contributed by atoms with Gasteiger partial charge >= 0.3 is 0 Å². The van der Waals surface area contributed by atoms with Gasteiger partial charge in [-0.1, -0.05) is 61.9 Å². The van der Waals surface area contributed by atoms with Crippen LogP contribution in [-0.4, -0.2) is 0 Å². The molecule has 0 atom stereocenters. The lowest BCUT2D eigenvalue weighted by atomic mass is 10.0. The van der Waals surface area contributed by atoms with E-state index in [0.717, 1.165) is 0 Å². The predicted octanol–water partition coefficient (Wildman–Crippen LogP) is 4.69. The lowest BCUT2D eigenvalue weighted by Gasteiger charge is -2.03. The molecule has 0 nitrogen and oxygen atoms in total. The molecule has 15 heavy (non-hydrogen) atoms. The van der Waals surface area contributed by atoms with Gasteiger partial charge in [0.05, 0.1) is 0 Å². The molecule has 80 valence electrons. The van der Waals surface area contributed by atoms with Crippen LogP contribution in [-0.2, 0) is 0 Å². The van der Waals surface area contributed by atoms with Crippen molar-refractivity contribution >= 4 is 5.57 Å². The minimum absolute atomic E-state index is 0.629. The summed E-state index contributed by atoms with van der Waals surface area (Å²) in [6.07, 6.45) is 4.41. The highest BCUT2D eigenvalue weighted by Crippen LogP contribution is 2.15. The van der Waals surface area contributed by atoms with Crippen LogP contribution < -0.4 is 0 Å². The topological polar surface area (TPSA) is 0 Å². The van der Waals surface area contributed by atoms with Crippen molar-refractivity contribution in [3.05, 3.63) is 53.6 Å². The lowest BCUT2D eigenvalue weighted by Crippen LogP contribution is -1.87. The molecule has 0 saturated carbocycles. The highest BCUT2D eigenvalue weighted by Gasteiger charge is 1.95. The summed E-state index contributed by atoms with van der Waals surface area (Å²) in [4.78, 5) is 0. The van der Waals surface area contributed by atoms with E-state index in [0.29, 0.717) is 5.92 Å². The Morgan fingerprint density at radius 2 is 1.60 bits per heavy atom. The van der Waals surface area contributed by atoms with Crippen LogP contribution in [0.3, 0.4) is 0 Å². The zero-order valence-corrected chi connectivity index (χ0v) is 10.1. The summed E-state index contributed by atoms with van der Waals surface area (Å²) in [5.74, 6) is 0.629. The smallest absolute Gasteiger partial charge is 0.0227 e. The number of hydrogen-bond donors (Lipinski definition) is 0. The van der Waals surface area contributed by atoms with E-state index in [1.165, 1.54) is 16.7 Å². The second-order valence-corrected chi connectivity index (χ2v) is 4.28. The Labute approximate surface area is 93.3 Å². The maximum absolute atomic E-state index is 2.22. The highest BCUT2D eigenvalue weighted by atomic mass is 14.0. The molecule has 0 aliphatic heterocycles. The van der Waals surface area contributed by atoms with Gasteiger partial charge < -0.3 is 0 Å². The van der Waals surface area contributed by atoms with Gasteiger partial charge in [-0.25, -0.2) is 0 Å². The number of rotatable bonds is 3. The van der Waals surface area contributed by atoms with Gasteiger partial charge in [0.25, 0.3) is 0 Å². The van der Waals surface area contributed by atoms with Crippen molar-refractivity contribution in [1.82, 2.24) is 0 Å². The first-order valence-corrected chi connectivity index (χ1v) is 5.51. The van der Waals surface area contributed by atoms with Crippen molar-refractivity contribution in [1.29, 1.82) is 0 Å². The fraction of sp³-hybridized carbons (Fsp3) is 0.333. The molecule has 0 unspecified atom stereocenters. The number of allylic oxidation sites excluding steroid dienone is 4. The summed E-state index contributed by atoms with van der Waals surface area (Å²) in [7, 11) is 0. The van der Waals surface area contributed by atoms with Crippen molar-refractivity contribution in [2.75, 3.05) is 0 Å². The third-order valence-electron chi connectivity index (χ3n) is 2.74. The highest BCUT2D eigenvalue weighted by molar-refractivity contribution is 5.65. The molecule has 1 aromatic rings. The zero-order valence-electron chi connectivity index (χ0n) is 10.1. The first-order chi connectivity index (χ1) is 7.11. The summed E-state index contributed by atoms with van der Waals surface area (Å²) < 4.78 is 0. The maximum Gasteiger partial charge on any atom is -0.0227 e. The molecule has 0 aromatic heterocycles. The van der Waals surface area contributed by atoms with Crippen LogP contribution in [0.4, 0.5) is 0 Å². The van der Waals surface area contributed by atoms with Crippen molar-refractivity contribution in [2.45, 2.75) is 27.7 Å². The van der Waals surface area contributed by atoms with Crippen LogP contribution in [0.25, 0.3) is 5.57 Å². The first kappa shape index (κ1) is 11.8. The Hall–Kier alpha value is -1.30. The van der Waals surface area contributed by atoms with Crippen LogP contribution in [0, 0.1) is 5.92 Å². The molecule has 0 saturated heterocycles. The summed E-state index contributed by atoms with van der Waals surface area (Å²) in [6.45, 7) is 8.77. The standard InChI is InChI=1S/C15H20/c1-12(2)13(3)10-11-14(4)15-8-6-5-7-9-15/h5-12H,1-4H3/b13-10-,14-11+. The summed E-state index contributed by atoms with van der Waals surface area (Å²) in [6, 6.07) is 10.5. The molecule has 0 aliphatic carbocycles. The largest absolute Gasteiger partial charge is 0.0708 e. The van der Waals surface area contributed by atoms with E-state index in [9.17, 15) is 0 Å². The monoisotopic (exact) mass is 200 g/mol. The predicted molar refractivity (Wildman–Crippen MR) is 68.7 cm³/mol. The van der Waals surface area contributed by atoms with E-state index in [1.54, 1.807) is 0 Å². The van der Waals surface area contributed by atoms with E-state index in [2.05, 4.69) is 64.1 Å². The molecule has 0 heteroatoms. The summed E-state index contributed by atoms with van der Waals surface area (Å²) >= 11 is 0. The number of benzene rings is 1. The van der Waals surface area contributed by atoms with E-state index < -0.39 is 0 Å². The maximum atomic E-state index is 2.22. The Balaban J connectivity index is 2.82. The Bertz CT molecular complexity index is 353. The second kappa shape index (κ2) is 5.55. The molecular formula is C15H20. The molecule has 0 radical (unpaired) electrons. The van der Waals surface area contributed by atoms with Gasteiger partial charge in [0, 0.05) is 0 Å². The molecule has 0 spiro atoms. The van der Waals surface area contributed by atoms with Gasteiger partial charge in [-0.2, -0.15) is 0 Å². The molecule has 0 N–H and O–H groups in total. The SMILES string of the molecule is C/C(=C/C=C(\C)c1ccccc1)C(C)C. The normalized spacial score (nSPS) is 13.4.